The first-order valence-corrected chi connectivity index (χ1v) is 9.11. The van der Waals surface area contributed by atoms with Crippen molar-refractivity contribution in [2.75, 3.05) is 25.0 Å². The molecule has 2 rings (SSSR count). The normalized spacial score (nSPS) is 16.5. The molecule has 0 unspecified atom stereocenters. The monoisotopic (exact) mass is 365 g/mol. The zero-order chi connectivity index (χ0) is 16.3. The van der Waals surface area contributed by atoms with Gasteiger partial charge in [0.15, 0.2) is 0 Å². The molecule has 1 fully saturated rings. The number of hydrogen-bond acceptors (Lipinski definition) is 4. The maximum Gasteiger partial charge on any atom is 0.238 e. The van der Waals surface area contributed by atoms with Crippen LogP contribution in [-0.2, 0) is 14.8 Å². The van der Waals surface area contributed by atoms with Gasteiger partial charge >= 0.3 is 0 Å². The molecule has 1 saturated heterocycles. The molecule has 22 heavy (non-hydrogen) atoms. The lowest BCUT2D eigenvalue weighted by Gasteiger charge is -2.25. The summed E-state index contributed by atoms with van der Waals surface area (Å²) in [4.78, 5) is 13.9. The van der Waals surface area contributed by atoms with Gasteiger partial charge in [0.1, 0.15) is 0 Å². The van der Waals surface area contributed by atoms with Crippen molar-refractivity contribution in [1.29, 1.82) is 0 Å². The lowest BCUT2D eigenvalue weighted by molar-refractivity contribution is -0.117. The molecule has 0 aliphatic carbocycles. The highest BCUT2D eigenvalue weighted by atomic mass is 35.5. The van der Waals surface area contributed by atoms with Crippen LogP contribution in [0.2, 0.25) is 10.0 Å². The van der Waals surface area contributed by atoms with Crippen LogP contribution in [0.4, 0.5) is 5.69 Å². The molecule has 0 atom stereocenters. The Morgan fingerprint density at radius 1 is 1.18 bits per heavy atom. The lowest BCUT2D eigenvalue weighted by Crippen LogP contribution is -2.36. The van der Waals surface area contributed by atoms with Gasteiger partial charge in [-0.05, 0) is 38.1 Å². The van der Waals surface area contributed by atoms with Crippen molar-refractivity contribution in [3.8, 4) is 0 Å². The van der Waals surface area contributed by atoms with Crippen LogP contribution >= 0.6 is 23.2 Å². The van der Waals surface area contributed by atoms with Crippen molar-refractivity contribution < 1.29 is 13.2 Å². The third-order valence-electron chi connectivity index (χ3n) is 3.42. The predicted molar refractivity (Wildman–Crippen MR) is 86.8 cm³/mol. The molecule has 122 valence electrons. The molecule has 9 heteroatoms. The Morgan fingerprint density at radius 2 is 1.73 bits per heavy atom. The van der Waals surface area contributed by atoms with E-state index < -0.39 is 10.0 Å². The number of amides is 1. The third-order valence-corrected chi connectivity index (χ3v) is 4.91. The van der Waals surface area contributed by atoms with Crippen molar-refractivity contribution >= 4 is 44.8 Å². The van der Waals surface area contributed by atoms with Crippen molar-refractivity contribution in [1.82, 2.24) is 4.90 Å². The number of carbonyl (C=O) groups is 1. The Hall–Kier alpha value is -0.860. The quantitative estimate of drug-likeness (QED) is 0.853. The van der Waals surface area contributed by atoms with Gasteiger partial charge in [-0.3, -0.25) is 9.69 Å². The summed E-state index contributed by atoms with van der Waals surface area (Å²) in [5.41, 5.74) is 0.192. The van der Waals surface area contributed by atoms with Crippen molar-refractivity contribution in [3.05, 3.63) is 22.2 Å². The van der Waals surface area contributed by atoms with Crippen LogP contribution in [-0.4, -0.2) is 38.9 Å². The zero-order valence-corrected chi connectivity index (χ0v) is 14.1. The average Bonchev–Trinajstić information content (AvgIpc) is 2.42. The molecule has 0 aromatic heterocycles. The second kappa shape index (κ2) is 7.14. The summed E-state index contributed by atoms with van der Waals surface area (Å²) in [5.74, 6) is -0.242. The molecule has 1 aromatic rings. The Morgan fingerprint density at radius 3 is 2.23 bits per heavy atom. The number of hydrogen-bond donors (Lipinski definition) is 2. The summed E-state index contributed by atoms with van der Waals surface area (Å²) in [7, 11) is -3.91. The van der Waals surface area contributed by atoms with Gasteiger partial charge in [-0.25, -0.2) is 13.6 Å². The minimum atomic E-state index is -3.91. The Bertz CT molecular complexity index is 650. The predicted octanol–water partition coefficient (Wildman–Crippen LogP) is 2.07. The van der Waals surface area contributed by atoms with Gasteiger partial charge in [0.2, 0.25) is 15.9 Å². The van der Waals surface area contributed by atoms with E-state index in [4.69, 9.17) is 28.3 Å². The fraction of sp³-hybridized carbons (Fsp3) is 0.462. The minimum absolute atomic E-state index is 0.0310. The number of likely N-dealkylation sites (tertiary alicyclic amines) is 1. The van der Waals surface area contributed by atoms with Crippen LogP contribution in [0.3, 0.4) is 0 Å². The van der Waals surface area contributed by atoms with Crippen LogP contribution in [0.25, 0.3) is 0 Å². The number of sulfonamides is 1. The highest BCUT2D eigenvalue weighted by Crippen LogP contribution is 2.33. The van der Waals surface area contributed by atoms with Crippen molar-refractivity contribution in [3.63, 3.8) is 0 Å². The van der Waals surface area contributed by atoms with E-state index in [0.29, 0.717) is 0 Å². The second-order valence-corrected chi connectivity index (χ2v) is 7.57. The summed E-state index contributed by atoms with van der Waals surface area (Å²) < 4.78 is 22.6. The SMILES string of the molecule is NS(=O)(=O)c1cc(Cl)c(NC(=O)CN2CCCCC2)c(Cl)c1. The summed E-state index contributed by atoms with van der Waals surface area (Å²) in [6.07, 6.45) is 3.35. The Kier molecular flexibility index (Phi) is 5.68. The number of piperidine rings is 1. The van der Waals surface area contributed by atoms with Gasteiger partial charge in [-0.2, -0.15) is 0 Å². The maximum absolute atomic E-state index is 12.1. The van der Waals surface area contributed by atoms with E-state index in [1.54, 1.807) is 0 Å². The van der Waals surface area contributed by atoms with Crippen molar-refractivity contribution in [2.24, 2.45) is 5.14 Å². The number of carbonyl (C=O) groups excluding carboxylic acids is 1. The molecule has 1 heterocycles. The molecule has 1 aliphatic heterocycles. The molecule has 3 N–H and O–H groups in total. The molecular weight excluding hydrogens is 349 g/mol. The molecule has 0 radical (unpaired) electrons. The van der Waals surface area contributed by atoms with Gasteiger partial charge in [0.05, 0.1) is 27.2 Å². The average molecular weight is 366 g/mol. The van der Waals surface area contributed by atoms with Crippen LogP contribution in [0.5, 0.6) is 0 Å². The van der Waals surface area contributed by atoms with Gasteiger partial charge in [-0.15, -0.1) is 0 Å². The highest BCUT2D eigenvalue weighted by molar-refractivity contribution is 7.89. The number of benzene rings is 1. The number of halogens is 2. The van der Waals surface area contributed by atoms with E-state index >= 15 is 0 Å². The topological polar surface area (TPSA) is 92.5 Å². The maximum atomic E-state index is 12.1. The Balaban J connectivity index is 2.10. The van der Waals surface area contributed by atoms with Crippen molar-refractivity contribution in [2.45, 2.75) is 24.2 Å². The third kappa shape index (κ3) is 4.57. The van der Waals surface area contributed by atoms with Gasteiger partial charge in [0.25, 0.3) is 0 Å². The van der Waals surface area contributed by atoms with Gasteiger partial charge in [-0.1, -0.05) is 29.6 Å². The number of anilines is 1. The Labute approximate surface area is 139 Å². The first-order valence-electron chi connectivity index (χ1n) is 6.81. The van der Waals surface area contributed by atoms with Crippen LogP contribution < -0.4 is 10.5 Å². The molecule has 1 aromatic carbocycles. The highest BCUT2D eigenvalue weighted by Gasteiger charge is 2.18. The summed E-state index contributed by atoms with van der Waals surface area (Å²) >= 11 is 12.0. The molecular formula is C13H17Cl2N3O3S. The molecule has 6 nitrogen and oxygen atoms in total. The first-order chi connectivity index (χ1) is 10.3. The lowest BCUT2D eigenvalue weighted by atomic mass is 10.1. The molecule has 1 aliphatic rings. The summed E-state index contributed by atoms with van der Waals surface area (Å²) in [6.45, 7) is 2.03. The van der Waals surface area contributed by atoms with E-state index in [2.05, 4.69) is 10.2 Å². The number of nitrogens with zero attached hydrogens (tertiary/aromatic N) is 1. The van der Waals surface area contributed by atoms with E-state index in [-0.39, 0.29) is 33.1 Å². The fourth-order valence-corrected chi connectivity index (χ4v) is 3.61. The second-order valence-electron chi connectivity index (χ2n) is 5.19. The van der Waals surface area contributed by atoms with E-state index in [1.807, 2.05) is 0 Å². The molecule has 0 spiro atoms. The van der Waals surface area contributed by atoms with E-state index in [9.17, 15) is 13.2 Å². The standard InChI is InChI=1S/C13H17Cl2N3O3S/c14-10-6-9(22(16,20)21)7-11(15)13(10)17-12(19)8-18-4-2-1-3-5-18/h6-7H,1-5,8H2,(H,17,19)(H2,16,20,21). The molecule has 0 saturated carbocycles. The summed E-state index contributed by atoms with van der Waals surface area (Å²) in [5, 5.41) is 7.72. The molecule has 0 bridgehead atoms. The first kappa shape index (κ1) is 17.5. The largest absolute Gasteiger partial charge is 0.322 e. The number of nitrogens with two attached hydrogens (primary N) is 1. The number of primary sulfonamides is 1. The zero-order valence-electron chi connectivity index (χ0n) is 11.8. The minimum Gasteiger partial charge on any atom is -0.322 e. The summed E-state index contributed by atoms with van der Waals surface area (Å²) in [6, 6.07) is 2.33. The number of nitrogens with one attached hydrogen (secondary N) is 1. The van der Waals surface area contributed by atoms with Crippen LogP contribution in [0.15, 0.2) is 17.0 Å². The van der Waals surface area contributed by atoms with E-state index in [1.165, 1.54) is 18.6 Å². The fourth-order valence-electron chi connectivity index (χ4n) is 2.33. The van der Waals surface area contributed by atoms with Crippen LogP contribution in [0, 0.1) is 0 Å². The number of rotatable bonds is 4. The van der Waals surface area contributed by atoms with Gasteiger partial charge < -0.3 is 5.32 Å². The van der Waals surface area contributed by atoms with Gasteiger partial charge in [0, 0.05) is 0 Å². The molecule has 1 amide bonds. The smallest absolute Gasteiger partial charge is 0.238 e. The van der Waals surface area contributed by atoms with E-state index in [0.717, 1.165) is 25.9 Å². The van der Waals surface area contributed by atoms with Crippen LogP contribution in [0.1, 0.15) is 19.3 Å².